The van der Waals surface area contributed by atoms with E-state index in [9.17, 15) is 0 Å². The minimum absolute atomic E-state index is 0.671. The zero-order valence-corrected chi connectivity index (χ0v) is 12.6. The van der Waals surface area contributed by atoms with Gasteiger partial charge < -0.3 is 15.5 Å². The summed E-state index contributed by atoms with van der Waals surface area (Å²) in [6.45, 7) is 12.4. The largest absolute Gasteiger partial charge is 0.330 e. The zero-order chi connectivity index (χ0) is 13.3. The summed E-state index contributed by atoms with van der Waals surface area (Å²) in [5.41, 5.74) is 5.65. The van der Waals surface area contributed by atoms with Crippen molar-refractivity contribution < 1.29 is 0 Å². The minimum Gasteiger partial charge on any atom is -0.330 e. The van der Waals surface area contributed by atoms with Gasteiger partial charge in [-0.2, -0.15) is 0 Å². The average Bonchev–Trinajstić information content (AvgIpc) is 2.24. The van der Waals surface area contributed by atoms with Crippen LogP contribution in [0.2, 0.25) is 0 Å². The smallest absolute Gasteiger partial charge is 0.0109 e. The SMILES string of the molecule is CC(C)CN(CCCC(C)CN)CCN(C)C. The number of nitrogens with two attached hydrogens (primary N) is 1. The average molecular weight is 243 g/mol. The van der Waals surface area contributed by atoms with Gasteiger partial charge in [0.2, 0.25) is 0 Å². The Balaban J connectivity index is 3.84. The number of hydrogen-bond donors (Lipinski definition) is 1. The van der Waals surface area contributed by atoms with Crippen LogP contribution in [0.25, 0.3) is 0 Å². The fourth-order valence-electron chi connectivity index (χ4n) is 1.93. The maximum absolute atomic E-state index is 5.65. The summed E-state index contributed by atoms with van der Waals surface area (Å²) in [7, 11) is 4.29. The van der Waals surface area contributed by atoms with E-state index in [0.717, 1.165) is 19.0 Å². The van der Waals surface area contributed by atoms with E-state index in [0.29, 0.717) is 5.92 Å². The first kappa shape index (κ1) is 16.9. The number of hydrogen-bond acceptors (Lipinski definition) is 3. The lowest BCUT2D eigenvalue weighted by atomic mass is 10.1. The molecule has 0 fully saturated rings. The Morgan fingerprint density at radius 2 is 1.65 bits per heavy atom. The third-order valence-corrected chi connectivity index (χ3v) is 3.06. The number of rotatable bonds is 10. The monoisotopic (exact) mass is 243 g/mol. The van der Waals surface area contributed by atoms with Crippen LogP contribution in [-0.2, 0) is 0 Å². The normalized spacial score (nSPS) is 13.9. The predicted octanol–water partition coefficient (Wildman–Crippen LogP) is 1.88. The molecule has 0 amide bonds. The van der Waals surface area contributed by atoms with Crippen molar-refractivity contribution in [1.82, 2.24) is 9.80 Å². The van der Waals surface area contributed by atoms with Gasteiger partial charge in [-0.3, -0.25) is 0 Å². The van der Waals surface area contributed by atoms with Crippen LogP contribution in [0.15, 0.2) is 0 Å². The topological polar surface area (TPSA) is 32.5 Å². The summed E-state index contributed by atoms with van der Waals surface area (Å²) < 4.78 is 0. The van der Waals surface area contributed by atoms with Crippen molar-refractivity contribution in [3.8, 4) is 0 Å². The summed E-state index contributed by atoms with van der Waals surface area (Å²) in [6, 6.07) is 0. The molecule has 0 spiro atoms. The molecule has 0 aliphatic heterocycles. The number of nitrogens with zero attached hydrogens (tertiary/aromatic N) is 2. The van der Waals surface area contributed by atoms with Gasteiger partial charge in [-0.05, 0) is 51.9 Å². The predicted molar refractivity (Wildman–Crippen MR) is 77.3 cm³/mol. The van der Waals surface area contributed by atoms with Crippen molar-refractivity contribution in [1.29, 1.82) is 0 Å². The fourth-order valence-corrected chi connectivity index (χ4v) is 1.93. The Morgan fingerprint density at radius 1 is 1.00 bits per heavy atom. The highest BCUT2D eigenvalue weighted by atomic mass is 15.2. The van der Waals surface area contributed by atoms with Gasteiger partial charge in [0.15, 0.2) is 0 Å². The molecule has 0 radical (unpaired) electrons. The third kappa shape index (κ3) is 10.7. The highest BCUT2D eigenvalue weighted by Gasteiger charge is 2.08. The van der Waals surface area contributed by atoms with Crippen LogP contribution in [0, 0.1) is 11.8 Å². The molecule has 2 N–H and O–H groups in total. The van der Waals surface area contributed by atoms with E-state index in [1.54, 1.807) is 0 Å². The highest BCUT2D eigenvalue weighted by Crippen LogP contribution is 2.06. The van der Waals surface area contributed by atoms with Crippen molar-refractivity contribution in [3.05, 3.63) is 0 Å². The molecular weight excluding hydrogens is 210 g/mol. The molecule has 3 heteroatoms. The van der Waals surface area contributed by atoms with Crippen molar-refractivity contribution in [2.75, 3.05) is 46.8 Å². The first-order valence-corrected chi connectivity index (χ1v) is 7.02. The second-order valence-electron chi connectivity index (χ2n) is 5.98. The van der Waals surface area contributed by atoms with Gasteiger partial charge in [-0.1, -0.05) is 20.8 Å². The van der Waals surface area contributed by atoms with Crippen LogP contribution in [0.4, 0.5) is 0 Å². The molecule has 1 atom stereocenters. The molecule has 0 bridgehead atoms. The van der Waals surface area contributed by atoms with Crippen molar-refractivity contribution in [2.45, 2.75) is 33.6 Å². The lowest BCUT2D eigenvalue weighted by Gasteiger charge is -2.26. The van der Waals surface area contributed by atoms with Crippen LogP contribution in [0.3, 0.4) is 0 Å². The van der Waals surface area contributed by atoms with Crippen LogP contribution >= 0.6 is 0 Å². The van der Waals surface area contributed by atoms with Crippen molar-refractivity contribution >= 4 is 0 Å². The van der Waals surface area contributed by atoms with Gasteiger partial charge >= 0.3 is 0 Å². The van der Waals surface area contributed by atoms with Gasteiger partial charge in [0.25, 0.3) is 0 Å². The molecular formula is C14H33N3. The molecule has 0 saturated heterocycles. The second kappa shape index (κ2) is 9.86. The van der Waals surface area contributed by atoms with Crippen LogP contribution < -0.4 is 5.73 Å². The molecule has 0 rings (SSSR count). The van der Waals surface area contributed by atoms with Gasteiger partial charge in [0.1, 0.15) is 0 Å². The fraction of sp³-hybridized carbons (Fsp3) is 1.00. The lowest BCUT2D eigenvalue weighted by molar-refractivity contribution is 0.212. The third-order valence-electron chi connectivity index (χ3n) is 3.06. The van der Waals surface area contributed by atoms with Crippen molar-refractivity contribution in [3.63, 3.8) is 0 Å². The molecule has 17 heavy (non-hydrogen) atoms. The van der Waals surface area contributed by atoms with Gasteiger partial charge in [0.05, 0.1) is 0 Å². The zero-order valence-electron chi connectivity index (χ0n) is 12.6. The Hall–Kier alpha value is -0.120. The molecule has 0 aromatic carbocycles. The van der Waals surface area contributed by atoms with E-state index in [1.165, 1.54) is 32.5 Å². The van der Waals surface area contributed by atoms with Crippen LogP contribution in [0.5, 0.6) is 0 Å². The Kier molecular flexibility index (Phi) is 9.79. The van der Waals surface area contributed by atoms with Crippen molar-refractivity contribution in [2.24, 2.45) is 17.6 Å². The Morgan fingerprint density at radius 3 is 2.12 bits per heavy atom. The van der Waals surface area contributed by atoms with Gasteiger partial charge in [-0.15, -0.1) is 0 Å². The molecule has 0 aromatic heterocycles. The molecule has 0 aliphatic rings. The van der Waals surface area contributed by atoms with E-state index in [-0.39, 0.29) is 0 Å². The summed E-state index contributed by atoms with van der Waals surface area (Å²) in [6.07, 6.45) is 2.53. The summed E-state index contributed by atoms with van der Waals surface area (Å²) in [5, 5.41) is 0. The second-order valence-corrected chi connectivity index (χ2v) is 5.98. The first-order valence-electron chi connectivity index (χ1n) is 7.02. The van der Waals surface area contributed by atoms with E-state index >= 15 is 0 Å². The van der Waals surface area contributed by atoms with E-state index in [1.807, 2.05) is 0 Å². The highest BCUT2D eigenvalue weighted by molar-refractivity contribution is 4.63. The molecule has 0 heterocycles. The quantitative estimate of drug-likeness (QED) is 0.636. The summed E-state index contributed by atoms with van der Waals surface area (Å²) >= 11 is 0. The molecule has 0 saturated carbocycles. The standard InChI is InChI=1S/C14H33N3/c1-13(2)12-17(10-9-16(4)5)8-6-7-14(3)11-15/h13-14H,6-12,15H2,1-5H3. The minimum atomic E-state index is 0.671. The molecule has 1 unspecified atom stereocenters. The maximum atomic E-state index is 5.65. The van der Waals surface area contributed by atoms with Gasteiger partial charge in [0, 0.05) is 19.6 Å². The summed E-state index contributed by atoms with van der Waals surface area (Å²) in [4.78, 5) is 4.85. The summed E-state index contributed by atoms with van der Waals surface area (Å²) in [5.74, 6) is 1.42. The van der Waals surface area contributed by atoms with E-state index in [4.69, 9.17) is 5.73 Å². The van der Waals surface area contributed by atoms with Crippen LogP contribution in [-0.4, -0.2) is 56.6 Å². The van der Waals surface area contributed by atoms with Crippen LogP contribution in [0.1, 0.15) is 33.6 Å². The Labute approximate surface area is 108 Å². The lowest BCUT2D eigenvalue weighted by Crippen LogP contribution is -2.35. The Bertz CT molecular complexity index is 169. The molecule has 0 aliphatic carbocycles. The number of likely N-dealkylation sites (N-methyl/N-ethyl adjacent to an activating group) is 1. The molecule has 3 nitrogen and oxygen atoms in total. The maximum Gasteiger partial charge on any atom is 0.0109 e. The van der Waals surface area contributed by atoms with E-state index < -0.39 is 0 Å². The van der Waals surface area contributed by atoms with E-state index in [2.05, 4.69) is 44.7 Å². The first-order chi connectivity index (χ1) is 7.95. The molecule has 0 aromatic rings. The molecule has 104 valence electrons. The van der Waals surface area contributed by atoms with Gasteiger partial charge in [-0.25, -0.2) is 0 Å².